The standard InChI is InChI=1S/C19H23NO3S4Si/c1-4-21-28(22-5-2,23-6-3)18-14-10-9-13-17(18)25-27-26-19-20-15-11-7-8-12-16(15)24-19/h7-14H,4-6H2,1-3H3. The van der Waals surface area contributed by atoms with E-state index in [1.807, 2.05) is 45.0 Å². The second-order valence-electron chi connectivity index (χ2n) is 5.53. The zero-order valence-corrected chi connectivity index (χ0v) is 20.3. The predicted molar refractivity (Wildman–Crippen MR) is 126 cm³/mol. The van der Waals surface area contributed by atoms with Gasteiger partial charge in [0.25, 0.3) is 0 Å². The molecule has 3 aromatic rings. The van der Waals surface area contributed by atoms with Gasteiger partial charge in [-0.05, 0) is 70.4 Å². The molecule has 0 aliphatic rings. The summed E-state index contributed by atoms with van der Waals surface area (Å²) in [4.78, 5) is 5.80. The zero-order chi connectivity index (χ0) is 19.8. The molecule has 0 saturated carbocycles. The van der Waals surface area contributed by atoms with E-state index in [0.29, 0.717) is 19.8 Å². The van der Waals surface area contributed by atoms with E-state index < -0.39 is 8.80 Å². The van der Waals surface area contributed by atoms with Crippen LogP contribution in [0.5, 0.6) is 0 Å². The van der Waals surface area contributed by atoms with E-state index in [4.69, 9.17) is 13.3 Å². The minimum Gasteiger partial charge on any atom is -0.370 e. The van der Waals surface area contributed by atoms with Crippen LogP contribution in [0.4, 0.5) is 0 Å². The van der Waals surface area contributed by atoms with Gasteiger partial charge in [-0.25, -0.2) is 4.98 Å². The molecule has 0 bridgehead atoms. The van der Waals surface area contributed by atoms with Gasteiger partial charge in [0.05, 0.1) is 10.2 Å². The van der Waals surface area contributed by atoms with Gasteiger partial charge < -0.3 is 13.3 Å². The Morgan fingerprint density at radius 1 is 0.857 bits per heavy atom. The second-order valence-corrected chi connectivity index (χ2v) is 13.3. The molecule has 4 nitrogen and oxygen atoms in total. The topological polar surface area (TPSA) is 40.6 Å². The van der Waals surface area contributed by atoms with E-state index in [2.05, 4.69) is 29.2 Å². The lowest BCUT2D eigenvalue weighted by Crippen LogP contribution is -2.57. The van der Waals surface area contributed by atoms with Crippen molar-refractivity contribution >= 4 is 67.0 Å². The van der Waals surface area contributed by atoms with Crippen molar-refractivity contribution in [2.45, 2.75) is 30.0 Å². The van der Waals surface area contributed by atoms with Crippen LogP contribution < -0.4 is 5.19 Å². The molecule has 2 aromatic carbocycles. The second kappa shape index (κ2) is 11.0. The fourth-order valence-corrected chi connectivity index (χ4v) is 11.3. The minimum absolute atomic E-state index is 0.554. The molecule has 9 heteroatoms. The molecule has 0 fully saturated rings. The number of rotatable bonds is 11. The first kappa shape index (κ1) is 22.2. The van der Waals surface area contributed by atoms with Gasteiger partial charge in [-0.15, -0.1) is 11.3 Å². The number of hydrogen-bond donors (Lipinski definition) is 0. The Morgan fingerprint density at radius 2 is 1.50 bits per heavy atom. The van der Waals surface area contributed by atoms with Crippen LogP contribution in [-0.4, -0.2) is 33.6 Å². The van der Waals surface area contributed by atoms with Crippen LogP contribution >= 0.6 is 42.8 Å². The average Bonchev–Trinajstić information content (AvgIpc) is 3.12. The Labute approximate surface area is 182 Å². The molecule has 0 N–H and O–H groups in total. The van der Waals surface area contributed by atoms with Crippen LogP contribution in [0.1, 0.15) is 20.8 Å². The lowest BCUT2D eigenvalue weighted by Gasteiger charge is -2.29. The number of fused-ring (bicyclic) bond motifs is 1. The lowest BCUT2D eigenvalue weighted by molar-refractivity contribution is 0.0854. The molecule has 3 rings (SSSR count). The van der Waals surface area contributed by atoms with Crippen molar-refractivity contribution in [1.82, 2.24) is 4.98 Å². The molecule has 28 heavy (non-hydrogen) atoms. The lowest BCUT2D eigenvalue weighted by atomic mass is 10.3. The summed E-state index contributed by atoms with van der Waals surface area (Å²) in [5.41, 5.74) is 1.05. The Kier molecular flexibility index (Phi) is 8.73. The summed E-state index contributed by atoms with van der Waals surface area (Å²) in [5, 5.41) is 1.03. The molecule has 0 aliphatic heterocycles. The molecule has 0 aliphatic carbocycles. The summed E-state index contributed by atoms with van der Waals surface area (Å²) in [7, 11) is 2.15. The maximum atomic E-state index is 6.10. The summed E-state index contributed by atoms with van der Waals surface area (Å²) in [6, 6.07) is 16.5. The van der Waals surface area contributed by atoms with Crippen LogP contribution in [0.15, 0.2) is 57.8 Å². The Balaban J connectivity index is 1.76. The Bertz CT molecular complexity index is 842. The van der Waals surface area contributed by atoms with Gasteiger partial charge in [0.15, 0.2) is 4.34 Å². The molecular weight excluding hydrogens is 447 g/mol. The fraction of sp³-hybridized carbons (Fsp3) is 0.316. The molecular formula is C19H23NO3S4Si. The van der Waals surface area contributed by atoms with Gasteiger partial charge >= 0.3 is 8.80 Å². The van der Waals surface area contributed by atoms with E-state index in [-0.39, 0.29) is 0 Å². The van der Waals surface area contributed by atoms with Crippen LogP contribution in [0.3, 0.4) is 0 Å². The van der Waals surface area contributed by atoms with Gasteiger partial charge in [-0.3, -0.25) is 0 Å². The third-order valence-electron chi connectivity index (χ3n) is 3.72. The first-order chi connectivity index (χ1) is 13.7. The molecule has 0 atom stereocenters. The highest BCUT2D eigenvalue weighted by Crippen LogP contribution is 2.46. The Hall–Kier alpha value is -0.523. The summed E-state index contributed by atoms with van der Waals surface area (Å²) in [5.74, 6) is 0. The number of thiazole rings is 1. The third-order valence-corrected chi connectivity index (χ3v) is 12.2. The van der Waals surface area contributed by atoms with Crippen molar-refractivity contribution in [2.24, 2.45) is 0 Å². The Morgan fingerprint density at radius 3 is 2.18 bits per heavy atom. The van der Waals surface area contributed by atoms with Crippen molar-refractivity contribution in [1.29, 1.82) is 0 Å². The first-order valence-electron chi connectivity index (χ1n) is 9.10. The molecule has 0 radical (unpaired) electrons. The number of para-hydroxylation sites is 1. The normalized spacial score (nSPS) is 12.0. The van der Waals surface area contributed by atoms with Crippen LogP contribution in [-0.2, 0) is 13.3 Å². The third kappa shape index (κ3) is 5.34. The largest absolute Gasteiger partial charge is 0.538 e. The molecule has 0 spiro atoms. The highest BCUT2D eigenvalue weighted by molar-refractivity contribution is 9.09. The van der Waals surface area contributed by atoms with Gasteiger partial charge in [0.1, 0.15) is 0 Å². The molecule has 150 valence electrons. The van der Waals surface area contributed by atoms with Gasteiger partial charge in [0, 0.05) is 29.9 Å². The number of nitrogens with zero attached hydrogens (tertiary/aromatic N) is 1. The predicted octanol–water partition coefficient (Wildman–Crippen LogP) is 6.00. The van der Waals surface area contributed by atoms with Crippen LogP contribution in [0.2, 0.25) is 0 Å². The number of benzene rings is 2. The number of hydrogen-bond acceptors (Lipinski definition) is 8. The smallest absolute Gasteiger partial charge is 0.370 e. The summed E-state index contributed by atoms with van der Waals surface area (Å²) in [6.07, 6.45) is 0. The van der Waals surface area contributed by atoms with E-state index in [1.54, 1.807) is 42.8 Å². The summed E-state index contributed by atoms with van der Waals surface area (Å²) >= 11 is 1.72. The highest BCUT2D eigenvalue weighted by atomic mass is 33.5. The molecule has 0 unspecified atom stereocenters. The fourth-order valence-electron chi connectivity index (χ4n) is 2.69. The quantitative estimate of drug-likeness (QED) is 0.252. The first-order valence-corrected chi connectivity index (χ1v) is 15.1. The van der Waals surface area contributed by atoms with Crippen LogP contribution in [0.25, 0.3) is 10.2 Å². The van der Waals surface area contributed by atoms with E-state index in [0.717, 1.165) is 19.9 Å². The SMILES string of the molecule is CCO[Si](OCC)(OCC)c1ccccc1SSSc1nc2ccccc2s1. The van der Waals surface area contributed by atoms with Crippen molar-refractivity contribution in [2.75, 3.05) is 19.8 Å². The number of aromatic nitrogens is 1. The van der Waals surface area contributed by atoms with E-state index >= 15 is 0 Å². The van der Waals surface area contributed by atoms with Crippen molar-refractivity contribution in [3.63, 3.8) is 0 Å². The van der Waals surface area contributed by atoms with Gasteiger partial charge in [-0.2, -0.15) is 0 Å². The maximum Gasteiger partial charge on any atom is 0.538 e. The van der Waals surface area contributed by atoms with E-state index in [1.165, 1.54) is 4.70 Å². The minimum atomic E-state index is -2.93. The van der Waals surface area contributed by atoms with Gasteiger partial charge in [0.2, 0.25) is 0 Å². The molecule has 0 amide bonds. The van der Waals surface area contributed by atoms with Crippen molar-refractivity contribution in [3.05, 3.63) is 48.5 Å². The van der Waals surface area contributed by atoms with Gasteiger partial charge in [-0.1, -0.05) is 30.3 Å². The van der Waals surface area contributed by atoms with Crippen LogP contribution in [0, 0.1) is 0 Å². The maximum absolute atomic E-state index is 6.10. The highest BCUT2D eigenvalue weighted by Gasteiger charge is 2.45. The molecule has 1 heterocycles. The van der Waals surface area contributed by atoms with E-state index in [9.17, 15) is 0 Å². The monoisotopic (exact) mass is 469 g/mol. The molecule has 1 aromatic heterocycles. The average molecular weight is 470 g/mol. The van der Waals surface area contributed by atoms with Crippen molar-refractivity contribution in [3.8, 4) is 0 Å². The summed E-state index contributed by atoms with van der Waals surface area (Å²) < 4.78 is 20.6. The van der Waals surface area contributed by atoms with Crippen molar-refractivity contribution < 1.29 is 13.3 Å². The summed E-state index contributed by atoms with van der Waals surface area (Å²) in [6.45, 7) is 7.60. The zero-order valence-electron chi connectivity index (χ0n) is 16.0. The molecule has 0 saturated heterocycles.